The summed E-state index contributed by atoms with van der Waals surface area (Å²) in [7, 11) is -2.32. The lowest BCUT2D eigenvalue weighted by molar-refractivity contribution is 0.587. The standard InChI is InChI=1S/C19H17N5O4S/c1-20-29(27,28)15-5-3-2-4-11(15)9-21-16-17(19(26)18(16)25)24-12-6-7-13-14(8-12)23-10-22-13/h2-8,10,20-21,24H,9H2,1H3,(H,22,23). The van der Waals surface area contributed by atoms with Crippen LogP contribution in [0, 0.1) is 0 Å². The Morgan fingerprint density at radius 1 is 1.03 bits per heavy atom. The highest BCUT2D eigenvalue weighted by Gasteiger charge is 2.22. The molecule has 0 radical (unpaired) electrons. The quantitative estimate of drug-likeness (QED) is 0.338. The molecule has 1 aromatic heterocycles. The van der Waals surface area contributed by atoms with E-state index in [2.05, 4.69) is 25.3 Å². The van der Waals surface area contributed by atoms with Gasteiger partial charge in [-0.2, -0.15) is 0 Å². The summed E-state index contributed by atoms with van der Waals surface area (Å²) in [6.45, 7) is 0.0645. The van der Waals surface area contributed by atoms with Gasteiger partial charge in [0.05, 0.1) is 22.3 Å². The summed E-state index contributed by atoms with van der Waals surface area (Å²) in [5, 5.41) is 5.83. The number of nitrogens with one attached hydrogen (secondary N) is 4. The number of nitrogens with zero attached hydrogens (tertiary/aromatic N) is 1. The largest absolute Gasteiger partial charge is 0.376 e. The first-order valence-corrected chi connectivity index (χ1v) is 10.2. The molecule has 4 rings (SSSR count). The summed E-state index contributed by atoms with van der Waals surface area (Å²) in [6, 6.07) is 11.7. The van der Waals surface area contributed by atoms with E-state index >= 15 is 0 Å². The van der Waals surface area contributed by atoms with Crippen molar-refractivity contribution in [1.29, 1.82) is 0 Å². The molecule has 0 fully saturated rings. The number of H-pyrrole nitrogens is 1. The average molecular weight is 411 g/mol. The maximum Gasteiger partial charge on any atom is 0.253 e. The zero-order valence-corrected chi connectivity index (χ0v) is 16.1. The third-order valence-corrected chi connectivity index (χ3v) is 6.10. The smallest absolute Gasteiger partial charge is 0.253 e. The molecule has 4 aromatic rings. The Balaban J connectivity index is 1.58. The third kappa shape index (κ3) is 3.39. The minimum absolute atomic E-state index is 0.0645. The van der Waals surface area contributed by atoms with Gasteiger partial charge in [-0.1, -0.05) is 18.2 Å². The predicted molar refractivity (Wildman–Crippen MR) is 111 cm³/mol. The molecule has 0 bridgehead atoms. The number of hydrogen-bond donors (Lipinski definition) is 4. The molecule has 0 amide bonds. The summed E-state index contributed by atoms with van der Waals surface area (Å²) in [4.78, 5) is 31.3. The number of fused-ring (bicyclic) bond motifs is 1. The van der Waals surface area contributed by atoms with Crippen molar-refractivity contribution in [3.63, 3.8) is 0 Å². The van der Waals surface area contributed by atoms with Crippen LogP contribution >= 0.6 is 0 Å². The van der Waals surface area contributed by atoms with Crippen LogP contribution in [0.5, 0.6) is 0 Å². The molecule has 0 saturated carbocycles. The molecule has 0 atom stereocenters. The van der Waals surface area contributed by atoms with E-state index in [1.54, 1.807) is 36.7 Å². The molecule has 0 saturated heterocycles. The second-order valence-electron chi connectivity index (χ2n) is 6.34. The molecule has 0 aliphatic heterocycles. The number of aromatic nitrogens is 2. The van der Waals surface area contributed by atoms with Gasteiger partial charge in [-0.3, -0.25) is 9.59 Å². The highest BCUT2D eigenvalue weighted by molar-refractivity contribution is 7.89. The van der Waals surface area contributed by atoms with Gasteiger partial charge in [-0.05, 0) is 36.9 Å². The van der Waals surface area contributed by atoms with E-state index in [4.69, 9.17) is 0 Å². The first-order valence-electron chi connectivity index (χ1n) is 8.69. The number of rotatable bonds is 7. The topological polar surface area (TPSA) is 133 Å². The first-order chi connectivity index (χ1) is 13.9. The van der Waals surface area contributed by atoms with Gasteiger partial charge in [0, 0.05) is 12.2 Å². The lowest BCUT2D eigenvalue weighted by Gasteiger charge is -2.16. The van der Waals surface area contributed by atoms with Crippen molar-refractivity contribution in [1.82, 2.24) is 14.7 Å². The van der Waals surface area contributed by atoms with Crippen LogP contribution in [0.3, 0.4) is 0 Å². The fraction of sp³-hybridized carbons (Fsp3) is 0.105. The average Bonchev–Trinajstić information content (AvgIpc) is 3.21. The molecule has 10 heteroatoms. The number of aromatic amines is 1. The van der Waals surface area contributed by atoms with Crippen molar-refractivity contribution in [2.45, 2.75) is 11.4 Å². The number of benzene rings is 2. The second kappa shape index (κ2) is 7.15. The SMILES string of the molecule is CNS(=O)(=O)c1ccccc1CNc1c(Nc2ccc3[nH]cnc3c2)c(=O)c1=O. The van der Waals surface area contributed by atoms with Crippen LogP contribution in [-0.2, 0) is 16.6 Å². The zero-order chi connectivity index (χ0) is 20.6. The molecule has 9 nitrogen and oxygen atoms in total. The molecular formula is C19H17N5O4S. The Labute approximate surface area is 165 Å². The lowest BCUT2D eigenvalue weighted by Crippen LogP contribution is -2.36. The predicted octanol–water partition coefficient (Wildman–Crippen LogP) is 1.42. The number of sulfonamides is 1. The van der Waals surface area contributed by atoms with E-state index < -0.39 is 20.9 Å². The summed E-state index contributed by atoms with van der Waals surface area (Å²) in [6.07, 6.45) is 1.56. The molecule has 0 aliphatic rings. The van der Waals surface area contributed by atoms with E-state index in [0.717, 1.165) is 11.0 Å². The van der Waals surface area contributed by atoms with E-state index in [1.807, 2.05) is 6.07 Å². The van der Waals surface area contributed by atoms with Crippen LogP contribution in [0.4, 0.5) is 17.1 Å². The number of imidazole rings is 1. The Morgan fingerprint density at radius 3 is 2.59 bits per heavy atom. The minimum atomic E-state index is -3.65. The number of anilines is 3. The molecule has 0 aliphatic carbocycles. The zero-order valence-electron chi connectivity index (χ0n) is 15.3. The fourth-order valence-electron chi connectivity index (χ4n) is 3.04. The maximum absolute atomic E-state index is 12.2. The maximum atomic E-state index is 12.2. The molecule has 148 valence electrons. The van der Waals surface area contributed by atoms with Gasteiger partial charge in [0.25, 0.3) is 10.9 Å². The van der Waals surface area contributed by atoms with Gasteiger partial charge in [0.15, 0.2) is 0 Å². The molecule has 0 unspecified atom stereocenters. The van der Waals surface area contributed by atoms with Crippen LogP contribution in [-0.4, -0.2) is 25.4 Å². The van der Waals surface area contributed by atoms with Gasteiger partial charge >= 0.3 is 0 Å². The van der Waals surface area contributed by atoms with Crippen molar-refractivity contribution < 1.29 is 8.42 Å². The van der Waals surface area contributed by atoms with Crippen LogP contribution in [0.2, 0.25) is 0 Å². The van der Waals surface area contributed by atoms with Crippen molar-refractivity contribution in [2.24, 2.45) is 0 Å². The third-order valence-electron chi connectivity index (χ3n) is 4.59. The van der Waals surface area contributed by atoms with Crippen LogP contribution in [0.15, 0.2) is 63.3 Å². The molecule has 29 heavy (non-hydrogen) atoms. The van der Waals surface area contributed by atoms with Gasteiger partial charge in [0.1, 0.15) is 11.4 Å². The molecule has 0 spiro atoms. The van der Waals surface area contributed by atoms with E-state index in [9.17, 15) is 18.0 Å². The fourth-order valence-corrected chi connectivity index (χ4v) is 4.00. The number of hydrogen-bond acceptors (Lipinski definition) is 7. The molecule has 1 heterocycles. The normalized spacial score (nSPS) is 11.8. The first kappa shape index (κ1) is 18.8. The second-order valence-corrected chi connectivity index (χ2v) is 8.19. The van der Waals surface area contributed by atoms with E-state index in [1.165, 1.54) is 13.1 Å². The van der Waals surface area contributed by atoms with Crippen molar-refractivity contribution in [3.8, 4) is 0 Å². The Morgan fingerprint density at radius 2 is 1.79 bits per heavy atom. The van der Waals surface area contributed by atoms with Gasteiger partial charge in [-0.15, -0.1) is 0 Å². The summed E-state index contributed by atoms with van der Waals surface area (Å²) >= 11 is 0. The van der Waals surface area contributed by atoms with Crippen molar-refractivity contribution in [2.75, 3.05) is 17.7 Å². The van der Waals surface area contributed by atoms with Crippen molar-refractivity contribution >= 4 is 38.1 Å². The van der Waals surface area contributed by atoms with E-state index in [-0.39, 0.29) is 22.8 Å². The lowest BCUT2D eigenvalue weighted by atomic mass is 10.1. The van der Waals surface area contributed by atoms with Crippen LogP contribution in [0.1, 0.15) is 5.56 Å². The summed E-state index contributed by atoms with van der Waals surface area (Å²) in [5.74, 6) is 0. The molecule has 4 N–H and O–H groups in total. The highest BCUT2D eigenvalue weighted by atomic mass is 32.2. The molecular weight excluding hydrogens is 394 g/mol. The summed E-state index contributed by atoms with van der Waals surface area (Å²) in [5.41, 5.74) is 1.62. The van der Waals surface area contributed by atoms with E-state index in [0.29, 0.717) is 11.3 Å². The summed E-state index contributed by atoms with van der Waals surface area (Å²) < 4.78 is 26.6. The highest BCUT2D eigenvalue weighted by Crippen LogP contribution is 2.24. The van der Waals surface area contributed by atoms with Gasteiger partial charge < -0.3 is 15.6 Å². The van der Waals surface area contributed by atoms with Crippen LogP contribution in [0.25, 0.3) is 11.0 Å². The van der Waals surface area contributed by atoms with Gasteiger partial charge in [0.2, 0.25) is 10.0 Å². The van der Waals surface area contributed by atoms with Crippen LogP contribution < -0.4 is 26.2 Å². The monoisotopic (exact) mass is 411 g/mol. The van der Waals surface area contributed by atoms with Crippen molar-refractivity contribution in [3.05, 3.63) is 74.8 Å². The Bertz CT molecular complexity index is 1380. The Hall–Kier alpha value is -3.50. The van der Waals surface area contributed by atoms with Gasteiger partial charge in [-0.25, -0.2) is 18.1 Å². The molecule has 3 aromatic carbocycles. The minimum Gasteiger partial charge on any atom is -0.376 e. The Kier molecular flexibility index (Phi) is 4.65.